The summed E-state index contributed by atoms with van der Waals surface area (Å²) < 4.78 is 4.54. The number of aromatic nitrogens is 6. The average Bonchev–Trinajstić information content (AvgIpc) is 3.78. The van der Waals surface area contributed by atoms with Crippen LogP contribution in [-0.2, 0) is 0 Å². The van der Waals surface area contributed by atoms with Crippen molar-refractivity contribution in [2.24, 2.45) is 0 Å². The first kappa shape index (κ1) is 24.0. The maximum atomic E-state index is 4.66. The van der Waals surface area contributed by atoms with Crippen LogP contribution in [0.3, 0.4) is 0 Å². The highest BCUT2D eigenvalue weighted by Crippen LogP contribution is 2.38. The summed E-state index contributed by atoms with van der Waals surface area (Å²) in [6.45, 7) is 0. The first-order valence-corrected chi connectivity index (χ1v) is 14.9. The lowest BCUT2D eigenvalue weighted by Crippen LogP contribution is -1.94. The van der Waals surface area contributed by atoms with E-state index in [0.717, 1.165) is 54.6 Å². The van der Waals surface area contributed by atoms with Crippen LogP contribution in [0.5, 0.6) is 0 Å². The summed E-state index contributed by atoms with van der Waals surface area (Å²) in [4.78, 5) is 8.77. The van der Waals surface area contributed by atoms with Gasteiger partial charge in [0.1, 0.15) is 10.0 Å². The highest BCUT2D eigenvalue weighted by atomic mass is 32.1. The fourth-order valence-electron chi connectivity index (χ4n) is 6.19. The number of para-hydroxylation sites is 2. The van der Waals surface area contributed by atoms with Crippen molar-refractivity contribution in [3.63, 3.8) is 0 Å². The third kappa shape index (κ3) is 3.72. The monoisotopic (exact) mass is 570 g/mol. The lowest BCUT2D eigenvalue weighted by molar-refractivity contribution is 1.10. The van der Waals surface area contributed by atoms with Crippen molar-refractivity contribution in [1.29, 1.82) is 0 Å². The smallest absolute Gasteiger partial charge is 0.148 e. The molecular weight excluding hydrogens is 549 g/mol. The van der Waals surface area contributed by atoms with Crippen LogP contribution in [-0.4, -0.2) is 29.3 Å². The molecule has 0 unspecified atom stereocenters. The third-order valence-corrected chi connectivity index (χ3v) is 9.10. The lowest BCUT2D eigenvalue weighted by Gasteiger charge is -2.07. The molecule has 0 radical (unpaired) electrons. The number of rotatable bonds is 4. The molecule has 0 aliphatic rings. The van der Waals surface area contributed by atoms with Gasteiger partial charge in [0.2, 0.25) is 0 Å². The van der Waals surface area contributed by atoms with Crippen LogP contribution in [0.1, 0.15) is 0 Å². The molecule has 0 saturated carbocycles. The summed E-state index contributed by atoms with van der Waals surface area (Å²) in [6.07, 6.45) is 7.42. The van der Waals surface area contributed by atoms with Crippen molar-refractivity contribution in [2.75, 3.05) is 0 Å². The van der Waals surface area contributed by atoms with Gasteiger partial charge < -0.3 is 9.13 Å². The molecule has 9 rings (SSSR count). The quantitative estimate of drug-likeness (QED) is 0.212. The van der Waals surface area contributed by atoms with Gasteiger partial charge in [-0.2, -0.15) is 0 Å². The van der Waals surface area contributed by atoms with Crippen molar-refractivity contribution in [3.05, 3.63) is 134 Å². The van der Waals surface area contributed by atoms with Crippen LogP contribution in [0.2, 0.25) is 0 Å². The highest BCUT2D eigenvalue weighted by molar-refractivity contribution is 7.17. The second kappa shape index (κ2) is 9.44. The Morgan fingerprint density at radius 3 is 1.37 bits per heavy atom. The van der Waals surface area contributed by atoms with Gasteiger partial charge in [-0.1, -0.05) is 72.0 Å². The summed E-state index contributed by atoms with van der Waals surface area (Å²) in [5, 5.41) is 15.9. The molecule has 4 aromatic carbocycles. The van der Waals surface area contributed by atoms with Gasteiger partial charge in [0.25, 0.3) is 0 Å². The minimum atomic E-state index is 0.882. The van der Waals surface area contributed by atoms with E-state index in [4.69, 9.17) is 0 Å². The molecule has 0 aliphatic heterocycles. The van der Waals surface area contributed by atoms with Crippen LogP contribution in [0.4, 0.5) is 0 Å². The lowest BCUT2D eigenvalue weighted by atomic mass is 10.1. The molecule has 0 fully saturated rings. The molecule has 0 amide bonds. The largest absolute Gasteiger partial charge is 0.308 e. The number of hydrogen-bond donors (Lipinski definition) is 0. The maximum absolute atomic E-state index is 4.66. The maximum Gasteiger partial charge on any atom is 0.148 e. The van der Waals surface area contributed by atoms with Gasteiger partial charge >= 0.3 is 0 Å². The average molecular weight is 571 g/mol. The predicted molar refractivity (Wildman–Crippen MR) is 175 cm³/mol. The van der Waals surface area contributed by atoms with Crippen molar-refractivity contribution in [1.82, 2.24) is 29.3 Å². The summed E-state index contributed by atoms with van der Waals surface area (Å²) >= 11 is 1.61. The Bertz CT molecular complexity index is 2280. The Hall–Kier alpha value is -5.66. The van der Waals surface area contributed by atoms with Gasteiger partial charge in [-0.15, -0.1) is 10.2 Å². The number of pyridine rings is 2. The zero-order valence-corrected chi connectivity index (χ0v) is 23.6. The predicted octanol–water partition coefficient (Wildman–Crippen LogP) is 8.86. The normalized spacial score (nSPS) is 11.7. The van der Waals surface area contributed by atoms with Gasteiger partial charge in [-0.05, 0) is 48.5 Å². The van der Waals surface area contributed by atoms with Crippen molar-refractivity contribution in [2.45, 2.75) is 0 Å². The number of nitrogens with zero attached hydrogens (tertiary/aromatic N) is 6. The van der Waals surface area contributed by atoms with E-state index in [0.29, 0.717) is 0 Å². The second-order valence-corrected chi connectivity index (χ2v) is 11.5. The fraction of sp³-hybridized carbons (Fsp3) is 0. The number of hydrogen-bond acceptors (Lipinski definition) is 5. The van der Waals surface area contributed by atoms with Gasteiger partial charge in [0, 0.05) is 45.1 Å². The number of fused-ring (bicyclic) bond motifs is 6. The van der Waals surface area contributed by atoms with E-state index in [9.17, 15) is 0 Å². The molecule has 0 atom stereocenters. The van der Waals surface area contributed by atoms with Gasteiger partial charge in [-0.25, -0.2) is 0 Å². The molecule has 6 nitrogen and oxygen atoms in total. The molecule has 0 N–H and O–H groups in total. The summed E-state index contributed by atoms with van der Waals surface area (Å²) in [7, 11) is 0. The molecule has 0 aliphatic carbocycles. The molecule has 9 aromatic rings. The molecule has 0 spiro atoms. The zero-order chi connectivity index (χ0) is 28.3. The van der Waals surface area contributed by atoms with Crippen molar-refractivity contribution in [3.8, 4) is 32.5 Å². The summed E-state index contributed by atoms with van der Waals surface area (Å²) in [6, 6.07) is 38.3. The molecular formula is C36H22N6S. The third-order valence-electron chi connectivity index (χ3n) is 8.07. The zero-order valence-electron chi connectivity index (χ0n) is 22.8. The highest BCUT2D eigenvalue weighted by Gasteiger charge is 2.17. The SMILES string of the molecule is c1cncc(-n2c3ccccc3c3ccc(-c4nnc(-c5ccc6c7ccccc7n(-c7cccnc7)c6c5)s4)cc32)c1. The van der Waals surface area contributed by atoms with Crippen LogP contribution < -0.4 is 0 Å². The Kier molecular flexibility index (Phi) is 5.27. The Morgan fingerprint density at radius 2 is 0.907 bits per heavy atom. The van der Waals surface area contributed by atoms with Crippen LogP contribution in [0.15, 0.2) is 134 Å². The van der Waals surface area contributed by atoms with E-state index in [-0.39, 0.29) is 0 Å². The van der Waals surface area contributed by atoms with E-state index >= 15 is 0 Å². The van der Waals surface area contributed by atoms with E-state index in [1.807, 2.05) is 24.5 Å². The fourth-order valence-corrected chi connectivity index (χ4v) is 7.03. The van der Waals surface area contributed by atoms with E-state index in [1.54, 1.807) is 23.7 Å². The topological polar surface area (TPSA) is 61.4 Å². The van der Waals surface area contributed by atoms with E-state index in [1.165, 1.54) is 21.5 Å². The van der Waals surface area contributed by atoms with Gasteiger partial charge in [0.15, 0.2) is 0 Å². The summed E-state index contributed by atoms with van der Waals surface area (Å²) in [5.74, 6) is 0. The van der Waals surface area contributed by atoms with Crippen LogP contribution >= 0.6 is 11.3 Å². The molecule has 7 heteroatoms. The first-order valence-electron chi connectivity index (χ1n) is 14.0. The Labute approximate surface area is 250 Å². The minimum Gasteiger partial charge on any atom is -0.308 e. The number of benzene rings is 4. The van der Waals surface area contributed by atoms with Gasteiger partial charge in [-0.3, -0.25) is 9.97 Å². The molecule has 0 bridgehead atoms. The standard InChI is InChI=1S/C36H22N6S/c1-3-11-31-27(9-1)29-15-13-23(19-33(29)41(31)25-7-5-17-37-21-25)35-39-40-36(43-35)24-14-16-30-28-10-2-4-12-32(28)42(34(30)20-24)26-8-6-18-38-22-26/h1-22H. The van der Waals surface area contributed by atoms with E-state index in [2.05, 4.69) is 126 Å². The van der Waals surface area contributed by atoms with Crippen LogP contribution in [0.25, 0.3) is 76.1 Å². The Morgan fingerprint density at radius 1 is 0.442 bits per heavy atom. The van der Waals surface area contributed by atoms with Gasteiger partial charge in [0.05, 0.1) is 45.8 Å². The van der Waals surface area contributed by atoms with E-state index < -0.39 is 0 Å². The molecule has 43 heavy (non-hydrogen) atoms. The molecule has 5 aromatic heterocycles. The molecule has 0 saturated heterocycles. The summed E-state index contributed by atoms with van der Waals surface area (Å²) in [5.41, 5.74) is 8.67. The Balaban J connectivity index is 1.19. The minimum absolute atomic E-state index is 0.882. The second-order valence-electron chi connectivity index (χ2n) is 10.5. The van der Waals surface area contributed by atoms with Crippen molar-refractivity contribution < 1.29 is 0 Å². The molecule has 202 valence electrons. The first-order chi connectivity index (χ1) is 21.3. The molecule has 5 heterocycles. The van der Waals surface area contributed by atoms with Crippen molar-refractivity contribution >= 4 is 54.9 Å². The van der Waals surface area contributed by atoms with Crippen LogP contribution in [0, 0.1) is 0 Å².